The Morgan fingerprint density at radius 3 is 3.04 bits per heavy atom. The van der Waals surface area contributed by atoms with Gasteiger partial charge in [0.05, 0.1) is 0 Å². The highest BCUT2D eigenvalue weighted by atomic mass is 16.5. The maximum absolute atomic E-state index is 12.7. The molecular weight excluding hydrogens is 346 g/mol. The third kappa shape index (κ3) is 4.01. The number of carbonyl (C=O) groups excluding carboxylic acids is 1. The number of para-hydroxylation sites is 1. The number of hydrogen-bond donors (Lipinski definition) is 2. The van der Waals surface area contributed by atoms with Gasteiger partial charge in [0.2, 0.25) is 5.82 Å². The van der Waals surface area contributed by atoms with Crippen molar-refractivity contribution in [1.29, 1.82) is 0 Å². The fourth-order valence-electron chi connectivity index (χ4n) is 3.08. The summed E-state index contributed by atoms with van der Waals surface area (Å²) in [6.07, 6.45) is 5.74. The Morgan fingerprint density at radius 2 is 2.22 bits per heavy atom. The zero-order valence-corrected chi connectivity index (χ0v) is 14.8. The topological polar surface area (TPSA) is 92.5 Å². The van der Waals surface area contributed by atoms with Gasteiger partial charge < -0.3 is 24.8 Å². The zero-order valence-electron chi connectivity index (χ0n) is 14.8. The van der Waals surface area contributed by atoms with E-state index in [1.807, 2.05) is 48.7 Å². The number of piperazine rings is 1. The minimum absolute atomic E-state index is 0.0267. The van der Waals surface area contributed by atoms with E-state index in [0.717, 1.165) is 12.1 Å². The van der Waals surface area contributed by atoms with Crippen LogP contribution < -0.4 is 15.4 Å². The SMILES string of the molecule is O=C(COc1ccccc1)N1CCNC[C@@H]1c1nc(C2=CCNC=C2)no1. The third-order valence-corrected chi connectivity index (χ3v) is 4.47. The Kier molecular flexibility index (Phi) is 5.15. The summed E-state index contributed by atoms with van der Waals surface area (Å²) < 4.78 is 11.1. The molecule has 0 saturated carbocycles. The molecule has 140 valence electrons. The van der Waals surface area contributed by atoms with E-state index in [2.05, 4.69) is 20.8 Å². The molecular formula is C19H21N5O3. The van der Waals surface area contributed by atoms with Crippen molar-refractivity contribution in [3.8, 4) is 5.75 Å². The highest BCUT2D eigenvalue weighted by molar-refractivity contribution is 5.78. The highest BCUT2D eigenvalue weighted by Crippen LogP contribution is 2.23. The van der Waals surface area contributed by atoms with E-state index >= 15 is 0 Å². The molecule has 0 spiro atoms. The van der Waals surface area contributed by atoms with Gasteiger partial charge in [0, 0.05) is 31.8 Å². The van der Waals surface area contributed by atoms with Crippen LogP contribution >= 0.6 is 0 Å². The maximum Gasteiger partial charge on any atom is 0.261 e. The van der Waals surface area contributed by atoms with Gasteiger partial charge in [-0.3, -0.25) is 4.79 Å². The van der Waals surface area contributed by atoms with Crippen LogP contribution in [-0.2, 0) is 4.79 Å². The first-order valence-corrected chi connectivity index (χ1v) is 8.93. The molecule has 8 nitrogen and oxygen atoms in total. The lowest BCUT2D eigenvalue weighted by atomic mass is 10.1. The van der Waals surface area contributed by atoms with Crippen molar-refractivity contribution in [3.05, 3.63) is 60.4 Å². The van der Waals surface area contributed by atoms with Gasteiger partial charge in [-0.05, 0) is 24.4 Å². The van der Waals surface area contributed by atoms with Crippen LogP contribution in [0.2, 0.25) is 0 Å². The summed E-state index contributed by atoms with van der Waals surface area (Å²) >= 11 is 0. The van der Waals surface area contributed by atoms with Crippen LogP contribution in [0.3, 0.4) is 0 Å². The first-order valence-electron chi connectivity index (χ1n) is 8.93. The second kappa shape index (κ2) is 8.05. The number of aromatic nitrogens is 2. The Bertz CT molecular complexity index is 846. The number of nitrogens with one attached hydrogen (secondary N) is 2. The molecule has 1 fully saturated rings. The molecule has 2 aliphatic heterocycles. The Labute approximate surface area is 156 Å². The third-order valence-electron chi connectivity index (χ3n) is 4.47. The number of allylic oxidation sites excluding steroid dienone is 2. The lowest BCUT2D eigenvalue weighted by molar-refractivity contribution is -0.137. The first kappa shape index (κ1) is 17.3. The van der Waals surface area contributed by atoms with Crippen LogP contribution in [-0.4, -0.2) is 53.7 Å². The number of nitrogens with zero attached hydrogens (tertiary/aromatic N) is 3. The largest absolute Gasteiger partial charge is 0.484 e. The normalized spacial score (nSPS) is 19.3. The van der Waals surface area contributed by atoms with Crippen LogP contribution in [0.4, 0.5) is 0 Å². The Balaban J connectivity index is 1.46. The molecule has 3 heterocycles. The Morgan fingerprint density at radius 1 is 1.33 bits per heavy atom. The monoisotopic (exact) mass is 367 g/mol. The van der Waals surface area contributed by atoms with E-state index in [1.165, 1.54) is 0 Å². The first-order chi connectivity index (χ1) is 13.3. The summed E-state index contributed by atoms with van der Waals surface area (Å²) in [6.45, 7) is 2.54. The Hall–Kier alpha value is -3.13. The lowest BCUT2D eigenvalue weighted by Gasteiger charge is -2.33. The minimum atomic E-state index is -0.307. The fraction of sp³-hybridized carbons (Fsp3) is 0.316. The van der Waals surface area contributed by atoms with Crippen LogP contribution in [0.1, 0.15) is 17.8 Å². The molecule has 1 aromatic heterocycles. The lowest BCUT2D eigenvalue weighted by Crippen LogP contribution is -2.50. The van der Waals surface area contributed by atoms with Crippen molar-refractivity contribution in [2.45, 2.75) is 6.04 Å². The molecule has 1 atom stereocenters. The summed E-state index contributed by atoms with van der Waals surface area (Å²) in [4.78, 5) is 19.0. The number of rotatable bonds is 5. The van der Waals surface area contributed by atoms with E-state index in [1.54, 1.807) is 4.90 Å². The van der Waals surface area contributed by atoms with Gasteiger partial charge in [0.1, 0.15) is 11.8 Å². The number of carbonyl (C=O) groups is 1. The van der Waals surface area contributed by atoms with Crippen molar-refractivity contribution < 1.29 is 14.1 Å². The molecule has 8 heteroatoms. The molecule has 2 N–H and O–H groups in total. The van der Waals surface area contributed by atoms with Gasteiger partial charge in [-0.2, -0.15) is 4.98 Å². The summed E-state index contributed by atoms with van der Waals surface area (Å²) in [5.41, 5.74) is 0.901. The van der Waals surface area contributed by atoms with Crippen LogP contribution in [0.25, 0.3) is 5.57 Å². The molecule has 0 radical (unpaired) electrons. The van der Waals surface area contributed by atoms with Crippen molar-refractivity contribution >= 4 is 11.5 Å². The fourth-order valence-corrected chi connectivity index (χ4v) is 3.08. The van der Waals surface area contributed by atoms with Gasteiger partial charge in [0.25, 0.3) is 11.8 Å². The van der Waals surface area contributed by atoms with E-state index in [-0.39, 0.29) is 18.6 Å². The van der Waals surface area contributed by atoms with Gasteiger partial charge >= 0.3 is 0 Å². The van der Waals surface area contributed by atoms with Gasteiger partial charge in [0.15, 0.2) is 6.61 Å². The molecule has 2 aromatic rings. The molecule has 1 saturated heterocycles. The number of ether oxygens (including phenoxy) is 1. The zero-order chi connectivity index (χ0) is 18.5. The van der Waals surface area contributed by atoms with Gasteiger partial charge in [-0.1, -0.05) is 29.4 Å². The predicted molar refractivity (Wildman–Crippen MR) is 98.7 cm³/mol. The van der Waals surface area contributed by atoms with Crippen molar-refractivity contribution in [2.24, 2.45) is 0 Å². The van der Waals surface area contributed by atoms with E-state index in [9.17, 15) is 4.79 Å². The molecule has 0 bridgehead atoms. The standard InChI is InChI=1S/C19H21N5O3/c25-17(13-26-15-4-2-1-3-5-15)24-11-10-21-12-16(24)19-22-18(23-27-19)14-6-8-20-9-7-14/h1-8,16,20-21H,9-13H2/t16-/m1/s1. The van der Waals surface area contributed by atoms with Gasteiger partial charge in [-0.15, -0.1) is 0 Å². The molecule has 27 heavy (non-hydrogen) atoms. The predicted octanol–water partition coefficient (Wildman–Crippen LogP) is 1.12. The quantitative estimate of drug-likeness (QED) is 0.818. The minimum Gasteiger partial charge on any atom is -0.484 e. The number of hydrogen-bond acceptors (Lipinski definition) is 7. The van der Waals surface area contributed by atoms with Gasteiger partial charge in [-0.25, -0.2) is 0 Å². The maximum atomic E-state index is 12.7. The highest BCUT2D eigenvalue weighted by Gasteiger charge is 2.32. The second-order valence-corrected chi connectivity index (χ2v) is 6.27. The van der Waals surface area contributed by atoms with Crippen molar-refractivity contribution in [1.82, 2.24) is 25.7 Å². The van der Waals surface area contributed by atoms with Crippen molar-refractivity contribution in [2.75, 3.05) is 32.8 Å². The summed E-state index contributed by atoms with van der Waals surface area (Å²) in [7, 11) is 0. The van der Waals surface area contributed by atoms with E-state index < -0.39 is 0 Å². The number of dihydropyridines is 1. The summed E-state index contributed by atoms with van der Waals surface area (Å²) in [5.74, 6) is 1.52. The van der Waals surface area contributed by atoms with Crippen molar-refractivity contribution in [3.63, 3.8) is 0 Å². The van der Waals surface area contributed by atoms with E-state index in [0.29, 0.717) is 37.1 Å². The van der Waals surface area contributed by atoms with Crippen LogP contribution in [0.15, 0.2) is 53.2 Å². The molecule has 1 aromatic carbocycles. The van der Waals surface area contributed by atoms with Crippen LogP contribution in [0.5, 0.6) is 5.75 Å². The summed E-state index contributed by atoms with van der Waals surface area (Å²) in [5, 5.41) is 10.4. The molecule has 2 aliphatic rings. The van der Waals surface area contributed by atoms with E-state index in [4.69, 9.17) is 9.26 Å². The molecule has 1 amide bonds. The average molecular weight is 367 g/mol. The number of amides is 1. The average Bonchev–Trinajstić information content (AvgIpc) is 3.23. The second-order valence-electron chi connectivity index (χ2n) is 6.27. The van der Waals surface area contributed by atoms with Crippen LogP contribution in [0, 0.1) is 0 Å². The molecule has 0 unspecified atom stereocenters. The summed E-state index contributed by atoms with van der Waals surface area (Å²) in [6, 6.07) is 8.99. The smallest absolute Gasteiger partial charge is 0.261 e. The molecule has 0 aliphatic carbocycles. The molecule has 4 rings (SSSR count). The number of benzene rings is 1.